The van der Waals surface area contributed by atoms with E-state index < -0.39 is 6.10 Å². The maximum absolute atomic E-state index is 12.6. The monoisotopic (exact) mass is 322 g/mol. The highest BCUT2D eigenvalue weighted by atomic mass is 16.3. The molecule has 2 aromatic carbocycles. The number of aliphatic hydroxyl groups excluding tert-OH is 1. The summed E-state index contributed by atoms with van der Waals surface area (Å²) >= 11 is 0. The fourth-order valence-electron chi connectivity index (χ4n) is 3.03. The van der Waals surface area contributed by atoms with Crippen molar-refractivity contribution in [1.82, 2.24) is 10.3 Å². The largest absolute Gasteiger partial charge is 0.387 e. The van der Waals surface area contributed by atoms with Crippen molar-refractivity contribution >= 4 is 16.8 Å². The Balaban J connectivity index is 1.79. The zero-order chi connectivity index (χ0) is 17.3. The van der Waals surface area contributed by atoms with Crippen LogP contribution in [-0.4, -0.2) is 22.5 Å². The lowest BCUT2D eigenvalue weighted by Crippen LogP contribution is -2.28. The molecule has 0 aliphatic carbocycles. The van der Waals surface area contributed by atoms with Gasteiger partial charge in [-0.15, -0.1) is 0 Å². The topological polar surface area (TPSA) is 65.1 Å². The number of aromatic amines is 1. The summed E-state index contributed by atoms with van der Waals surface area (Å²) in [5.74, 6) is -0.186. The Morgan fingerprint density at radius 1 is 1.12 bits per heavy atom. The summed E-state index contributed by atoms with van der Waals surface area (Å²) < 4.78 is 0. The Morgan fingerprint density at radius 3 is 2.62 bits per heavy atom. The van der Waals surface area contributed by atoms with Crippen LogP contribution in [0.15, 0.2) is 42.5 Å². The zero-order valence-electron chi connectivity index (χ0n) is 14.2. The van der Waals surface area contributed by atoms with Gasteiger partial charge in [0.25, 0.3) is 5.91 Å². The van der Waals surface area contributed by atoms with Gasteiger partial charge in [0.2, 0.25) is 0 Å². The van der Waals surface area contributed by atoms with E-state index in [1.165, 1.54) is 0 Å². The Kier molecular flexibility index (Phi) is 4.40. The number of aromatic nitrogens is 1. The van der Waals surface area contributed by atoms with E-state index in [2.05, 4.69) is 10.3 Å². The summed E-state index contributed by atoms with van der Waals surface area (Å²) in [4.78, 5) is 15.8. The van der Waals surface area contributed by atoms with Crippen molar-refractivity contribution in [3.05, 3.63) is 70.4 Å². The van der Waals surface area contributed by atoms with Crippen LogP contribution in [0.3, 0.4) is 0 Å². The fraction of sp³-hybridized carbons (Fsp3) is 0.250. The lowest BCUT2D eigenvalue weighted by atomic mass is 10.0. The van der Waals surface area contributed by atoms with Crippen molar-refractivity contribution in [1.29, 1.82) is 0 Å². The van der Waals surface area contributed by atoms with Crippen LogP contribution in [0.1, 0.15) is 38.8 Å². The molecule has 0 saturated heterocycles. The predicted octanol–water partition coefficient (Wildman–Crippen LogP) is 3.56. The Morgan fingerprint density at radius 2 is 1.88 bits per heavy atom. The number of carbonyl (C=O) groups is 1. The second kappa shape index (κ2) is 6.49. The molecule has 0 spiro atoms. The van der Waals surface area contributed by atoms with Gasteiger partial charge in [-0.2, -0.15) is 0 Å². The molecule has 124 valence electrons. The molecule has 1 unspecified atom stereocenters. The second-order valence-electron chi connectivity index (χ2n) is 6.19. The van der Waals surface area contributed by atoms with E-state index in [0.29, 0.717) is 5.56 Å². The predicted molar refractivity (Wildman–Crippen MR) is 96.2 cm³/mol. The van der Waals surface area contributed by atoms with Crippen molar-refractivity contribution < 1.29 is 9.90 Å². The fourth-order valence-corrected chi connectivity index (χ4v) is 3.03. The number of aryl methyl sites for hydroxylation is 3. The normalized spacial score (nSPS) is 12.3. The SMILES string of the molecule is Cc1ccccc1C(O)CNC(=O)c1cccc2c(C)c(C)[nH]c12. The van der Waals surface area contributed by atoms with Crippen LogP contribution in [0.25, 0.3) is 10.9 Å². The number of aliphatic hydroxyl groups is 1. The van der Waals surface area contributed by atoms with Gasteiger partial charge in [-0.05, 0) is 43.5 Å². The third kappa shape index (κ3) is 2.93. The van der Waals surface area contributed by atoms with Gasteiger partial charge in [0.15, 0.2) is 0 Å². The minimum Gasteiger partial charge on any atom is -0.387 e. The van der Waals surface area contributed by atoms with Gasteiger partial charge >= 0.3 is 0 Å². The lowest BCUT2D eigenvalue weighted by molar-refractivity contribution is 0.0917. The molecule has 1 aromatic heterocycles. The minimum absolute atomic E-state index is 0.179. The van der Waals surface area contributed by atoms with E-state index in [9.17, 15) is 9.90 Å². The average molecular weight is 322 g/mol. The first-order chi connectivity index (χ1) is 11.5. The molecule has 0 bridgehead atoms. The number of benzene rings is 2. The quantitative estimate of drug-likeness (QED) is 0.687. The highest BCUT2D eigenvalue weighted by Gasteiger charge is 2.16. The van der Waals surface area contributed by atoms with E-state index in [1.54, 1.807) is 6.07 Å². The second-order valence-corrected chi connectivity index (χ2v) is 6.19. The van der Waals surface area contributed by atoms with Gasteiger partial charge in [-0.25, -0.2) is 0 Å². The molecule has 4 nitrogen and oxygen atoms in total. The Labute approximate surface area is 141 Å². The van der Waals surface area contributed by atoms with Gasteiger partial charge in [0.05, 0.1) is 17.2 Å². The molecule has 1 atom stereocenters. The van der Waals surface area contributed by atoms with Gasteiger partial charge in [0, 0.05) is 17.6 Å². The summed E-state index contributed by atoms with van der Waals surface area (Å²) in [5, 5.41) is 14.2. The number of rotatable bonds is 4. The molecule has 0 fully saturated rings. The zero-order valence-corrected chi connectivity index (χ0v) is 14.2. The molecular weight excluding hydrogens is 300 g/mol. The van der Waals surface area contributed by atoms with Crippen LogP contribution >= 0.6 is 0 Å². The maximum Gasteiger partial charge on any atom is 0.253 e. The number of nitrogens with one attached hydrogen (secondary N) is 2. The molecule has 3 rings (SSSR count). The van der Waals surface area contributed by atoms with Crippen LogP contribution in [-0.2, 0) is 0 Å². The number of carbonyl (C=O) groups excluding carboxylic acids is 1. The van der Waals surface area contributed by atoms with E-state index in [-0.39, 0.29) is 12.5 Å². The Hall–Kier alpha value is -2.59. The molecule has 0 aliphatic rings. The van der Waals surface area contributed by atoms with Crippen molar-refractivity contribution in [2.24, 2.45) is 0 Å². The molecule has 1 heterocycles. The highest BCUT2D eigenvalue weighted by molar-refractivity contribution is 6.06. The first-order valence-electron chi connectivity index (χ1n) is 8.08. The van der Waals surface area contributed by atoms with E-state index >= 15 is 0 Å². The Bertz CT molecular complexity index is 896. The summed E-state index contributed by atoms with van der Waals surface area (Å²) in [6.45, 7) is 6.17. The number of H-pyrrole nitrogens is 1. The number of hydrogen-bond acceptors (Lipinski definition) is 2. The maximum atomic E-state index is 12.6. The number of fused-ring (bicyclic) bond motifs is 1. The van der Waals surface area contributed by atoms with Crippen LogP contribution < -0.4 is 5.32 Å². The van der Waals surface area contributed by atoms with Crippen LogP contribution in [0.2, 0.25) is 0 Å². The molecule has 3 aromatic rings. The molecule has 1 amide bonds. The molecule has 4 heteroatoms. The molecule has 3 N–H and O–H groups in total. The highest BCUT2D eigenvalue weighted by Crippen LogP contribution is 2.24. The molecule has 24 heavy (non-hydrogen) atoms. The van der Waals surface area contributed by atoms with Gasteiger partial charge in [0.1, 0.15) is 0 Å². The molecule has 0 aliphatic heterocycles. The van der Waals surface area contributed by atoms with Gasteiger partial charge in [-0.3, -0.25) is 4.79 Å². The van der Waals surface area contributed by atoms with E-state index in [1.807, 2.05) is 57.2 Å². The third-order valence-electron chi connectivity index (χ3n) is 4.59. The smallest absolute Gasteiger partial charge is 0.253 e. The van der Waals surface area contributed by atoms with Gasteiger partial charge in [-0.1, -0.05) is 36.4 Å². The summed E-state index contributed by atoms with van der Waals surface area (Å²) in [6, 6.07) is 13.3. The summed E-state index contributed by atoms with van der Waals surface area (Å²) in [5.41, 5.74) is 5.50. The van der Waals surface area contributed by atoms with E-state index in [4.69, 9.17) is 0 Å². The molecular formula is C20H22N2O2. The molecule has 0 saturated carbocycles. The number of hydrogen-bond donors (Lipinski definition) is 3. The van der Waals surface area contributed by atoms with Crippen LogP contribution in [0.4, 0.5) is 0 Å². The van der Waals surface area contributed by atoms with Crippen LogP contribution in [0.5, 0.6) is 0 Å². The first kappa shape index (κ1) is 16.3. The third-order valence-corrected chi connectivity index (χ3v) is 4.59. The minimum atomic E-state index is -0.721. The van der Waals surface area contributed by atoms with Crippen molar-refractivity contribution in [2.75, 3.05) is 6.54 Å². The molecule has 0 radical (unpaired) electrons. The number of para-hydroxylation sites is 1. The van der Waals surface area contributed by atoms with Crippen molar-refractivity contribution in [3.63, 3.8) is 0 Å². The van der Waals surface area contributed by atoms with Gasteiger partial charge < -0.3 is 15.4 Å². The van der Waals surface area contributed by atoms with Crippen molar-refractivity contribution in [3.8, 4) is 0 Å². The average Bonchev–Trinajstić information content (AvgIpc) is 2.87. The number of amides is 1. The van der Waals surface area contributed by atoms with Crippen LogP contribution in [0, 0.1) is 20.8 Å². The lowest BCUT2D eigenvalue weighted by Gasteiger charge is -2.14. The summed E-state index contributed by atoms with van der Waals surface area (Å²) in [6.07, 6.45) is -0.721. The first-order valence-corrected chi connectivity index (χ1v) is 8.08. The standard InChI is InChI=1S/C20H22N2O2/c1-12-7-4-5-8-15(12)18(23)11-21-20(24)17-10-6-9-16-13(2)14(3)22-19(16)17/h4-10,18,22-23H,11H2,1-3H3,(H,21,24). The van der Waals surface area contributed by atoms with E-state index in [0.717, 1.165) is 33.3 Å². The van der Waals surface area contributed by atoms with Crippen molar-refractivity contribution in [2.45, 2.75) is 26.9 Å². The summed E-state index contributed by atoms with van der Waals surface area (Å²) in [7, 11) is 0.